The molecular weight excluding hydrogens is 348 g/mol. The molecule has 0 saturated heterocycles. The lowest BCUT2D eigenvalue weighted by molar-refractivity contribution is -0.128. The average Bonchev–Trinajstić information content (AvgIpc) is 2.57. The summed E-state index contributed by atoms with van der Waals surface area (Å²) in [6.07, 6.45) is 0.104. The molecule has 0 spiro atoms. The van der Waals surface area contributed by atoms with Crippen LogP contribution in [0.25, 0.3) is 0 Å². The van der Waals surface area contributed by atoms with Crippen molar-refractivity contribution in [3.8, 4) is 5.75 Å². The van der Waals surface area contributed by atoms with Gasteiger partial charge in [-0.3, -0.25) is 14.9 Å². The highest BCUT2D eigenvalue weighted by atomic mass is 16.5. The lowest BCUT2D eigenvalue weighted by atomic mass is 10.1. The molecule has 1 aromatic rings. The summed E-state index contributed by atoms with van der Waals surface area (Å²) in [7, 11) is 0. The van der Waals surface area contributed by atoms with Crippen LogP contribution in [-0.4, -0.2) is 49.1 Å². The Morgan fingerprint density at radius 2 is 1.93 bits per heavy atom. The van der Waals surface area contributed by atoms with Gasteiger partial charge in [0.15, 0.2) is 6.10 Å². The number of nitrogens with zero attached hydrogens (tertiary/aromatic N) is 1. The molecule has 27 heavy (non-hydrogen) atoms. The molecule has 8 heteroatoms. The fourth-order valence-corrected chi connectivity index (χ4v) is 2.67. The number of urea groups is 1. The molecule has 1 heterocycles. The molecule has 0 fully saturated rings. The van der Waals surface area contributed by atoms with E-state index in [4.69, 9.17) is 4.74 Å². The zero-order valence-electron chi connectivity index (χ0n) is 16.3. The van der Waals surface area contributed by atoms with Gasteiger partial charge in [-0.15, -0.1) is 0 Å². The van der Waals surface area contributed by atoms with Gasteiger partial charge in [-0.25, -0.2) is 4.79 Å². The van der Waals surface area contributed by atoms with E-state index in [0.29, 0.717) is 18.0 Å². The minimum Gasteiger partial charge on any atom is -0.477 e. The second kappa shape index (κ2) is 8.75. The van der Waals surface area contributed by atoms with E-state index in [2.05, 4.69) is 16.0 Å². The maximum atomic E-state index is 12.3. The van der Waals surface area contributed by atoms with E-state index in [-0.39, 0.29) is 19.0 Å². The summed E-state index contributed by atoms with van der Waals surface area (Å²) in [6.45, 7) is 8.18. The Kier molecular flexibility index (Phi) is 6.65. The van der Waals surface area contributed by atoms with Crippen molar-refractivity contribution in [1.29, 1.82) is 0 Å². The van der Waals surface area contributed by atoms with Gasteiger partial charge in [-0.05, 0) is 39.3 Å². The van der Waals surface area contributed by atoms with Crippen molar-refractivity contribution < 1.29 is 19.1 Å². The van der Waals surface area contributed by atoms with E-state index in [9.17, 15) is 14.4 Å². The van der Waals surface area contributed by atoms with Crippen LogP contribution in [0.4, 0.5) is 10.5 Å². The number of nitrogens with one attached hydrogen (secondary N) is 3. The van der Waals surface area contributed by atoms with E-state index < -0.39 is 23.6 Å². The number of hydrogen-bond acceptors (Lipinski definition) is 5. The van der Waals surface area contributed by atoms with Crippen molar-refractivity contribution >= 4 is 23.5 Å². The monoisotopic (exact) mass is 376 g/mol. The first kappa shape index (κ1) is 20.5. The number of hydrogen-bond donors (Lipinski definition) is 3. The number of amides is 4. The van der Waals surface area contributed by atoms with Crippen LogP contribution in [0.1, 0.15) is 34.1 Å². The quantitative estimate of drug-likeness (QED) is 0.721. The third-order valence-electron chi connectivity index (χ3n) is 3.78. The highest BCUT2D eigenvalue weighted by molar-refractivity contribution is 5.97. The number of carbonyl (C=O) groups excluding carboxylic acids is 3. The summed E-state index contributed by atoms with van der Waals surface area (Å²) in [5.74, 6) is -0.143. The maximum Gasteiger partial charge on any atom is 0.321 e. The number of ether oxygens (including phenoxy) is 1. The third kappa shape index (κ3) is 6.16. The molecule has 0 bridgehead atoms. The highest BCUT2D eigenvalue weighted by Gasteiger charge is 2.31. The van der Waals surface area contributed by atoms with Gasteiger partial charge in [0, 0.05) is 12.1 Å². The molecule has 0 aliphatic carbocycles. The Bertz CT molecular complexity index is 699. The van der Waals surface area contributed by atoms with Gasteiger partial charge in [0.05, 0.1) is 18.8 Å². The fraction of sp³-hybridized carbons (Fsp3) is 0.526. The summed E-state index contributed by atoms with van der Waals surface area (Å²) >= 11 is 0. The van der Waals surface area contributed by atoms with Crippen molar-refractivity contribution in [2.24, 2.45) is 0 Å². The lowest BCUT2D eigenvalue weighted by Crippen LogP contribution is -2.53. The molecule has 0 unspecified atom stereocenters. The molecule has 8 nitrogen and oxygen atoms in total. The second-order valence-corrected chi connectivity index (χ2v) is 7.50. The van der Waals surface area contributed by atoms with E-state index in [0.717, 1.165) is 6.42 Å². The van der Waals surface area contributed by atoms with Crippen LogP contribution in [0.15, 0.2) is 24.3 Å². The molecule has 0 aromatic heterocycles. The van der Waals surface area contributed by atoms with Crippen LogP contribution in [0.5, 0.6) is 5.75 Å². The number of para-hydroxylation sites is 2. The molecule has 1 aliphatic heterocycles. The zero-order chi connectivity index (χ0) is 20.0. The van der Waals surface area contributed by atoms with Crippen molar-refractivity contribution in [2.75, 3.05) is 24.5 Å². The highest BCUT2D eigenvalue weighted by Crippen LogP contribution is 2.32. The summed E-state index contributed by atoms with van der Waals surface area (Å²) in [6, 6.07) is 6.66. The molecule has 2 rings (SSSR count). The predicted octanol–water partition coefficient (Wildman–Crippen LogP) is 1.40. The van der Waals surface area contributed by atoms with Gasteiger partial charge in [-0.2, -0.15) is 0 Å². The van der Waals surface area contributed by atoms with Crippen LogP contribution >= 0.6 is 0 Å². The van der Waals surface area contributed by atoms with E-state index in [1.807, 2.05) is 39.8 Å². The van der Waals surface area contributed by atoms with E-state index in [1.54, 1.807) is 17.0 Å². The molecule has 1 aliphatic rings. The van der Waals surface area contributed by atoms with E-state index >= 15 is 0 Å². The number of imide groups is 1. The standard InChI is InChI=1S/C19H28N4O4/c1-5-10-20-17(25)15-11-23(13-8-6-7-9-14(13)27-15)12-16(24)21-18(26)22-19(2,3)4/h6-9,15H,5,10-12H2,1-4H3,(H,20,25)(H2,21,22,24,26)/t15-/m0/s1. The number of rotatable bonds is 5. The molecule has 4 amide bonds. The number of carbonyl (C=O) groups is 3. The fourth-order valence-electron chi connectivity index (χ4n) is 2.67. The second-order valence-electron chi connectivity index (χ2n) is 7.50. The van der Waals surface area contributed by atoms with Crippen molar-refractivity contribution in [1.82, 2.24) is 16.0 Å². The Morgan fingerprint density at radius 3 is 2.59 bits per heavy atom. The number of benzene rings is 1. The van der Waals surface area contributed by atoms with Crippen LogP contribution in [-0.2, 0) is 9.59 Å². The van der Waals surface area contributed by atoms with Crippen molar-refractivity contribution in [3.63, 3.8) is 0 Å². The summed E-state index contributed by atoms with van der Waals surface area (Å²) in [5.41, 5.74) is 0.265. The minimum atomic E-state index is -0.720. The SMILES string of the molecule is CCCNC(=O)[C@@H]1CN(CC(=O)NC(=O)NC(C)(C)C)c2ccccc2O1. The normalized spacial score (nSPS) is 16.0. The first-order valence-corrected chi connectivity index (χ1v) is 9.10. The van der Waals surface area contributed by atoms with Gasteiger partial charge >= 0.3 is 6.03 Å². The molecule has 1 atom stereocenters. The zero-order valence-corrected chi connectivity index (χ0v) is 16.3. The molecule has 0 radical (unpaired) electrons. The number of fused-ring (bicyclic) bond motifs is 1. The van der Waals surface area contributed by atoms with Gasteiger partial charge in [0.1, 0.15) is 5.75 Å². The molecule has 1 aromatic carbocycles. The third-order valence-corrected chi connectivity index (χ3v) is 3.78. The summed E-state index contributed by atoms with van der Waals surface area (Å²) < 4.78 is 5.78. The lowest BCUT2D eigenvalue weighted by Gasteiger charge is -2.35. The Balaban J connectivity index is 2.06. The number of anilines is 1. The van der Waals surface area contributed by atoms with Crippen molar-refractivity contribution in [2.45, 2.75) is 45.8 Å². The van der Waals surface area contributed by atoms with Gasteiger partial charge in [0.2, 0.25) is 5.91 Å². The predicted molar refractivity (Wildman–Crippen MR) is 103 cm³/mol. The Morgan fingerprint density at radius 1 is 1.22 bits per heavy atom. The smallest absolute Gasteiger partial charge is 0.321 e. The average molecular weight is 376 g/mol. The van der Waals surface area contributed by atoms with Crippen LogP contribution in [0, 0.1) is 0 Å². The van der Waals surface area contributed by atoms with Crippen LogP contribution in [0.2, 0.25) is 0 Å². The Labute approximate surface area is 159 Å². The first-order chi connectivity index (χ1) is 12.7. The van der Waals surface area contributed by atoms with Gasteiger partial charge in [-0.1, -0.05) is 19.1 Å². The first-order valence-electron chi connectivity index (χ1n) is 9.10. The minimum absolute atomic E-state index is 0.0600. The summed E-state index contributed by atoms with van der Waals surface area (Å²) in [5, 5.41) is 7.81. The van der Waals surface area contributed by atoms with Gasteiger partial charge in [0.25, 0.3) is 5.91 Å². The van der Waals surface area contributed by atoms with E-state index in [1.165, 1.54) is 0 Å². The van der Waals surface area contributed by atoms with Gasteiger partial charge < -0.3 is 20.3 Å². The topological polar surface area (TPSA) is 99.8 Å². The van der Waals surface area contributed by atoms with Crippen LogP contribution < -0.4 is 25.6 Å². The Hall–Kier alpha value is -2.77. The molecule has 3 N–H and O–H groups in total. The largest absolute Gasteiger partial charge is 0.477 e. The molecular formula is C19H28N4O4. The molecule has 0 saturated carbocycles. The van der Waals surface area contributed by atoms with Crippen LogP contribution in [0.3, 0.4) is 0 Å². The molecule has 148 valence electrons. The summed E-state index contributed by atoms with van der Waals surface area (Å²) in [4.78, 5) is 38.3. The maximum absolute atomic E-state index is 12.3. The van der Waals surface area contributed by atoms with Crippen molar-refractivity contribution in [3.05, 3.63) is 24.3 Å².